The molecule has 0 unspecified atom stereocenters. The maximum atomic E-state index is 6.00. The Labute approximate surface area is 171 Å². The topological polar surface area (TPSA) is 48.8 Å². The number of hydrogen-bond acceptors (Lipinski definition) is 3. The third-order valence-corrected chi connectivity index (χ3v) is 4.36. The van der Waals surface area contributed by atoms with Gasteiger partial charge in [-0.1, -0.05) is 16.9 Å². The molecule has 0 saturated heterocycles. The number of nitrogens with zero attached hydrogens (tertiary/aromatic N) is 5. The first-order chi connectivity index (χ1) is 12.8. The predicted molar refractivity (Wildman–Crippen MR) is 92.7 cm³/mol. The molecule has 7 heteroatoms. The van der Waals surface area contributed by atoms with Crippen LogP contribution in [0.4, 0.5) is 0 Å². The van der Waals surface area contributed by atoms with Crippen molar-refractivity contribution in [2.45, 2.75) is 13.0 Å². The summed E-state index contributed by atoms with van der Waals surface area (Å²) in [5.74, 6) is 2.18. The molecule has 0 amide bonds. The summed E-state index contributed by atoms with van der Waals surface area (Å²) in [6, 6.07) is 16.3. The van der Waals surface area contributed by atoms with Gasteiger partial charge < -0.3 is 13.9 Å². The molecule has 0 bridgehead atoms. The number of aromatic nitrogens is 5. The van der Waals surface area contributed by atoms with Crippen LogP contribution >= 0.6 is 0 Å². The van der Waals surface area contributed by atoms with E-state index < -0.39 is 0 Å². The van der Waals surface area contributed by atoms with E-state index in [4.69, 9.17) is 4.74 Å². The van der Waals surface area contributed by atoms with Crippen LogP contribution in [0.25, 0.3) is 17.1 Å². The quantitative estimate of drug-likeness (QED) is 0.299. The Bertz CT molecular complexity index is 1100. The second kappa shape index (κ2) is 7.12. The number of hydrogen-bond donors (Lipinski definition) is 0. The minimum Gasteiger partial charge on any atom is -0.504 e. The molecule has 0 N–H and O–H groups in total. The van der Waals surface area contributed by atoms with E-state index in [0.29, 0.717) is 11.5 Å². The van der Waals surface area contributed by atoms with Crippen LogP contribution in [0.1, 0.15) is 5.56 Å². The molecule has 0 aliphatic carbocycles. The van der Waals surface area contributed by atoms with Gasteiger partial charge in [0.05, 0.1) is 5.82 Å². The van der Waals surface area contributed by atoms with Gasteiger partial charge in [0.1, 0.15) is 0 Å². The molecule has 6 nitrogen and oxygen atoms in total. The summed E-state index contributed by atoms with van der Waals surface area (Å²) in [6.07, 6.45) is 9.53. The molecule has 0 saturated carbocycles. The van der Waals surface area contributed by atoms with Crippen LogP contribution in [0.15, 0.2) is 49.1 Å². The summed E-state index contributed by atoms with van der Waals surface area (Å²) in [6.45, 7) is 0.948. The van der Waals surface area contributed by atoms with Gasteiger partial charge in [0.25, 0.3) is 0 Å². The maximum absolute atomic E-state index is 6.00. The molecule has 1 aliphatic heterocycles. The van der Waals surface area contributed by atoms with Crippen molar-refractivity contribution in [2.75, 3.05) is 0 Å². The molecule has 0 radical (unpaired) electrons. The van der Waals surface area contributed by atoms with Gasteiger partial charge in [0.15, 0.2) is 12.7 Å². The normalized spacial score (nSPS) is 12.0. The van der Waals surface area contributed by atoms with Gasteiger partial charge in [-0.05, 0) is 6.42 Å². The maximum Gasteiger partial charge on any atom is 0.170 e. The molecule has 0 atom stereocenters. The zero-order chi connectivity index (χ0) is 17.5. The van der Waals surface area contributed by atoms with Gasteiger partial charge in [-0.25, -0.2) is 4.68 Å². The molecule has 2 aromatic carbocycles. The summed E-state index contributed by atoms with van der Waals surface area (Å²) in [5.41, 5.74) is 3.01. The Morgan fingerprint density at radius 1 is 1.15 bits per heavy atom. The predicted octanol–water partition coefficient (Wildman–Crippen LogP) is 2.31. The Morgan fingerprint density at radius 2 is 2.04 bits per heavy atom. The molecular formula is C20H15N5OPt-2. The zero-order valence-corrected chi connectivity index (χ0v) is 16.8. The van der Waals surface area contributed by atoms with Crippen LogP contribution < -0.4 is 9.30 Å². The fraction of sp³-hybridized carbons (Fsp3) is 0.150. The molecule has 0 spiro atoms. The Morgan fingerprint density at radius 3 is 2.89 bits per heavy atom. The average Bonchev–Trinajstić information content (AvgIpc) is 3.31. The second-order valence-corrected chi connectivity index (χ2v) is 6.17. The second-order valence-electron chi connectivity index (χ2n) is 6.17. The van der Waals surface area contributed by atoms with Crippen molar-refractivity contribution in [3.05, 3.63) is 73.1 Å². The third-order valence-electron chi connectivity index (χ3n) is 4.36. The molecule has 5 rings (SSSR count). The first-order valence-electron chi connectivity index (χ1n) is 8.36. The van der Waals surface area contributed by atoms with E-state index in [9.17, 15) is 0 Å². The van der Waals surface area contributed by atoms with E-state index in [1.165, 1.54) is 5.56 Å². The molecule has 27 heavy (non-hydrogen) atoms. The van der Waals surface area contributed by atoms with Crippen molar-refractivity contribution in [3.63, 3.8) is 0 Å². The van der Waals surface area contributed by atoms with E-state index in [2.05, 4.69) is 39.2 Å². The first kappa shape index (κ1) is 17.7. The zero-order valence-electron chi connectivity index (χ0n) is 14.5. The Balaban J connectivity index is 0.00000180. The van der Waals surface area contributed by atoms with Crippen LogP contribution in [-0.4, -0.2) is 19.3 Å². The van der Waals surface area contributed by atoms with Gasteiger partial charge in [0, 0.05) is 58.6 Å². The van der Waals surface area contributed by atoms with Gasteiger partial charge in [-0.15, -0.1) is 29.3 Å². The van der Waals surface area contributed by atoms with Crippen LogP contribution in [0.2, 0.25) is 0 Å². The van der Waals surface area contributed by atoms with Crippen molar-refractivity contribution in [3.8, 4) is 28.6 Å². The van der Waals surface area contributed by atoms with Crippen molar-refractivity contribution < 1.29 is 30.4 Å². The van der Waals surface area contributed by atoms with E-state index in [0.717, 1.165) is 30.0 Å². The monoisotopic (exact) mass is 536 g/mol. The van der Waals surface area contributed by atoms with Crippen molar-refractivity contribution >= 4 is 0 Å². The summed E-state index contributed by atoms with van der Waals surface area (Å²) in [7, 11) is 1.87. The molecule has 4 aromatic rings. The SMILES string of the molecule is C[n+]1[c-]n(-c2[c-]c(Oc3[c-]c4c(cc3)CCn3ccnc3-4)ccc2)nc1.[Pt]. The van der Waals surface area contributed by atoms with Gasteiger partial charge in [0.2, 0.25) is 0 Å². The molecule has 0 fully saturated rings. The molecule has 138 valence electrons. The van der Waals surface area contributed by atoms with E-state index in [1.807, 2.05) is 43.7 Å². The van der Waals surface area contributed by atoms with Gasteiger partial charge >= 0.3 is 0 Å². The van der Waals surface area contributed by atoms with Crippen molar-refractivity contribution in [1.29, 1.82) is 0 Å². The van der Waals surface area contributed by atoms with E-state index in [1.54, 1.807) is 15.6 Å². The minimum atomic E-state index is 0. The molecular weight excluding hydrogens is 521 g/mol. The number of fused-ring (bicyclic) bond motifs is 3. The van der Waals surface area contributed by atoms with Crippen LogP contribution in [0.3, 0.4) is 0 Å². The van der Waals surface area contributed by atoms with Gasteiger partial charge in [-0.2, -0.15) is 18.2 Å². The van der Waals surface area contributed by atoms with Crippen LogP contribution in [-0.2, 0) is 41.1 Å². The number of imidazole rings is 1. The standard InChI is InChI=1S/C20H15N5O.Pt/c1-23-13-22-25(14-23)16-3-2-4-17(11-16)26-18-6-5-15-7-9-24-10-8-21-20(24)19(15)12-18;/h2-6,8,10,13H,7,9H2,1H3;/q-2;. The fourth-order valence-electron chi connectivity index (χ4n) is 3.11. The smallest absolute Gasteiger partial charge is 0.170 e. The number of ether oxygens (including phenoxy) is 1. The molecule has 1 aliphatic rings. The van der Waals surface area contributed by atoms with E-state index >= 15 is 0 Å². The van der Waals surface area contributed by atoms with Crippen molar-refractivity contribution in [1.82, 2.24) is 19.3 Å². The van der Waals surface area contributed by atoms with Crippen molar-refractivity contribution in [2.24, 2.45) is 7.05 Å². The van der Waals surface area contributed by atoms with Crippen LogP contribution in [0.5, 0.6) is 11.5 Å². The Kier molecular flexibility index (Phi) is 4.66. The average molecular weight is 536 g/mol. The van der Waals surface area contributed by atoms with E-state index in [-0.39, 0.29) is 21.1 Å². The van der Waals surface area contributed by atoms with Gasteiger partial charge in [-0.3, -0.25) is 4.98 Å². The number of rotatable bonds is 3. The fourth-order valence-corrected chi connectivity index (χ4v) is 3.11. The molecule has 3 heterocycles. The number of aryl methyl sites for hydroxylation is 3. The summed E-state index contributed by atoms with van der Waals surface area (Å²) in [4.78, 5) is 4.45. The van der Waals surface area contributed by atoms with Crippen LogP contribution in [0, 0.1) is 18.5 Å². The largest absolute Gasteiger partial charge is 0.504 e. The first-order valence-corrected chi connectivity index (χ1v) is 8.36. The Hall–Kier alpha value is -2.72. The summed E-state index contributed by atoms with van der Waals surface area (Å²) >= 11 is 0. The minimum absolute atomic E-state index is 0. The molecule has 2 aromatic heterocycles. The summed E-state index contributed by atoms with van der Waals surface area (Å²) in [5, 5.41) is 4.23. The third kappa shape index (κ3) is 3.33. The number of benzene rings is 2. The summed E-state index contributed by atoms with van der Waals surface area (Å²) < 4.78 is 11.5.